The number of carboxylic acids is 1. The van der Waals surface area contributed by atoms with Gasteiger partial charge in [-0.1, -0.05) is 0 Å². The maximum atomic E-state index is 10.8. The normalized spacial score (nSPS) is 18.9. The minimum Gasteiger partial charge on any atom is -0.479 e. The van der Waals surface area contributed by atoms with Gasteiger partial charge in [0.15, 0.2) is 0 Å². The van der Waals surface area contributed by atoms with Crippen LogP contribution < -0.4 is 0 Å². The fourth-order valence-electron chi connectivity index (χ4n) is 1.42. The van der Waals surface area contributed by atoms with E-state index >= 15 is 0 Å². The summed E-state index contributed by atoms with van der Waals surface area (Å²) in [5.74, 6) is -0.886. The molecule has 0 aromatic heterocycles. The van der Waals surface area contributed by atoms with E-state index in [1.54, 1.807) is 0 Å². The minimum absolute atomic E-state index is 0.0406. The van der Waals surface area contributed by atoms with Gasteiger partial charge in [0, 0.05) is 6.04 Å². The number of hydrogen-bond donors (Lipinski definition) is 1. The molecule has 0 aromatic carbocycles. The van der Waals surface area contributed by atoms with Crippen LogP contribution in [-0.2, 0) is 9.59 Å². The van der Waals surface area contributed by atoms with Crippen LogP contribution in [0.4, 0.5) is 0 Å². The van der Waals surface area contributed by atoms with E-state index in [0.29, 0.717) is 19.3 Å². The van der Waals surface area contributed by atoms with Gasteiger partial charge in [-0.05, 0) is 26.7 Å². The molecule has 0 aromatic rings. The van der Waals surface area contributed by atoms with E-state index in [2.05, 4.69) is 0 Å². The van der Waals surface area contributed by atoms with Crippen LogP contribution >= 0.6 is 0 Å². The van der Waals surface area contributed by atoms with Gasteiger partial charge in [-0.15, -0.1) is 0 Å². The molecule has 1 aliphatic rings. The van der Waals surface area contributed by atoms with Crippen molar-refractivity contribution in [2.75, 3.05) is 0 Å². The Morgan fingerprint density at radius 1 is 1.58 bits per heavy atom. The van der Waals surface area contributed by atoms with E-state index in [9.17, 15) is 9.59 Å². The maximum absolute atomic E-state index is 10.8. The predicted molar refractivity (Wildman–Crippen MR) is 42.6 cm³/mol. The van der Waals surface area contributed by atoms with Gasteiger partial charge in [0.1, 0.15) is 5.54 Å². The predicted octanol–water partition coefficient (Wildman–Crippen LogP) is 0.470. The summed E-state index contributed by atoms with van der Waals surface area (Å²) < 4.78 is 0. The first-order valence-corrected chi connectivity index (χ1v) is 4.02. The van der Waals surface area contributed by atoms with Crippen molar-refractivity contribution in [3.8, 4) is 0 Å². The molecule has 68 valence electrons. The molecular weight excluding hydrogens is 158 g/mol. The molecular formula is C8H13NO3. The number of amides is 1. The SMILES string of the molecule is CC(C)N(C=O)C1(C(=O)O)CC1. The zero-order valence-electron chi connectivity index (χ0n) is 7.28. The Hall–Kier alpha value is -1.06. The molecule has 0 radical (unpaired) electrons. The Bertz CT molecular complexity index is 208. The fraction of sp³-hybridized carbons (Fsp3) is 0.750. The van der Waals surface area contributed by atoms with E-state index in [1.807, 2.05) is 13.8 Å². The molecule has 12 heavy (non-hydrogen) atoms. The zero-order valence-corrected chi connectivity index (χ0v) is 7.28. The van der Waals surface area contributed by atoms with E-state index in [-0.39, 0.29) is 6.04 Å². The summed E-state index contributed by atoms with van der Waals surface area (Å²) in [5.41, 5.74) is -0.879. The van der Waals surface area contributed by atoms with E-state index in [0.717, 1.165) is 0 Å². The number of carboxylic acid groups (broad SMARTS) is 1. The Balaban J connectivity index is 2.78. The summed E-state index contributed by atoms with van der Waals surface area (Å²) in [7, 11) is 0. The average Bonchev–Trinajstić information content (AvgIpc) is 2.69. The highest BCUT2D eigenvalue weighted by atomic mass is 16.4. The highest BCUT2D eigenvalue weighted by Crippen LogP contribution is 2.42. The largest absolute Gasteiger partial charge is 0.479 e. The smallest absolute Gasteiger partial charge is 0.329 e. The molecule has 4 heteroatoms. The van der Waals surface area contributed by atoms with Gasteiger partial charge in [0.2, 0.25) is 6.41 Å². The van der Waals surface area contributed by atoms with Crippen molar-refractivity contribution < 1.29 is 14.7 Å². The molecule has 1 N–H and O–H groups in total. The quantitative estimate of drug-likeness (QED) is 0.625. The monoisotopic (exact) mass is 171 g/mol. The standard InChI is InChI=1S/C8H13NO3/c1-6(2)9(5-10)8(3-4-8)7(11)12/h5-6H,3-4H2,1-2H3,(H,11,12). The molecule has 1 saturated carbocycles. The van der Waals surface area contributed by atoms with Gasteiger partial charge < -0.3 is 10.0 Å². The number of nitrogens with zero attached hydrogens (tertiary/aromatic N) is 1. The third-order valence-corrected chi connectivity index (χ3v) is 2.29. The summed E-state index contributed by atoms with van der Waals surface area (Å²) in [4.78, 5) is 22.8. The minimum atomic E-state index is -0.886. The second-order valence-electron chi connectivity index (χ2n) is 3.44. The van der Waals surface area contributed by atoms with Crippen LogP contribution in [0.3, 0.4) is 0 Å². The van der Waals surface area contributed by atoms with Crippen molar-refractivity contribution in [2.24, 2.45) is 0 Å². The topological polar surface area (TPSA) is 57.6 Å². The Labute approximate surface area is 71.2 Å². The van der Waals surface area contributed by atoms with Gasteiger partial charge in [-0.2, -0.15) is 0 Å². The van der Waals surface area contributed by atoms with Gasteiger partial charge in [0.25, 0.3) is 0 Å². The van der Waals surface area contributed by atoms with Crippen LogP contribution in [0.15, 0.2) is 0 Å². The van der Waals surface area contributed by atoms with Crippen LogP contribution in [-0.4, -0.2) is 34.0 Å². The molecule has 0 saturated heterocycles. The Morgan fingerprint density at radius 2 is 2.08 bits per heavy atom. The summed E-state index contributed by atoms with van der Waals surface area (Å²) in [6, 6.07) is -0.0406. The Kier molecular flexibility index (Phi) is 2.08. The summed E-state index contributed by atoms with van der Waals surface area (Å²) in [5, 5.41) is 8.85. The number of hydrogen-bond acceptors (Lipinski definition) is 2. The van der Waals surface area contributed by atoms with Crippen LogP contribution in [0.2, 0.25) is 0 Å². The molecule has 4 nitrogen and oxygen atoms in total. The van der Waals surface area contributed by atoms with Crippen LogP contribution in [0.1, 0.15) is 26.7 Å². The molecule has 1 aliphatic carbocycles. The van der Waals surface area contributed by atoms with Gasteiger partial charge >= 0.3 is 5.97 Å². The van der Waals surface area contributed by atoms with Crippen molar-refractivity contribution in [1.29, 1.82) is 0 Å². The molecule has 0 heterocycles. The zero-order chi connectivity index (χ0) is 9.35. The van der Waals surface area contributed by atoms with Gasteiger partial charge in [0.05, 0.1) is 0 Å². The second-order valence-corrected chi connectivity index (χ2v) is 3.44. The fourth-order valence-corrected chi connectivity index (χ4v) is 1.42. The Morgan fingerprint density at radius 3 is 2.17 bits per heavy atom. The van der Waals surface area contributed by atoms with E-state index in [4.69, 9.17) is 5.11 Å². The van der Waals surface area contributed by atoms with Crippen LogP contribution in [0, 0.1) is 0 Å². The molecule has 1 fully saturated rings. The van der Waals surface area contributed by atoms with E-state index in [1.165, 1.54) is 4.90 Å². The summed E-state index contributed by atoms with van der Waals surface area (Å²) in [6.45, 7) is 3.63. The molecule has 0 spiro atoms. The first-order chi connectivity index (χ1) is 5.54. The van der Waals surface area contributed by atoms with E-state index < -0.39 is 11.5 Å². The van der Waals surface area contributed by atoms with Crippen molar-refractivity contribution in [2.45, 2.75) is 38.3 Å². The molecule has 0 unspecified atom stereocenters. The average molecular weight is 171 g/mol. The van der Waals surface area contributed by atoms with Crippen molar-refractivity contribution in [1.82, 2.24) is 4.90 Å². The first-order valence-electron chi connectivity index (χ1n) is 4.02. The number of carbonyl (C=O) groups is 2. The molecule has 1 rings (SSSR count). The lowest BCUT2D eigenvalue weighted by Crippen LogP contribution is -2.46. The molecule has 1 amide bonds. The van der Waals surface area contributed by atoms with Gasteiger partial charge in [-0.3, -0.25) is 4.79 Å². The number of carbonyl (C=O) groups excluding carboxylic acids is 1. The number of rotatable bonds is 4. The molecule has 0 aliphatic heterocycles. The van der Waals surface area contributed by atoms with Gasteiger partial charge in [-0.25, -0.2) is 4.79 Å². The lowest BCUT2D eigenvalue weighted by Gasteiger charge is -2.28. The third-order valence-electron chi connectivity index (χ3n) is 2.29. The summed E-state index contributed by atoms with van der Waals surface area (Å²) >= 11 is 0. The highest BCUT2D eigenvalue weighted by molar-refractivity contribution is 5.85. The lowest BCUT2D eigenvalue weighted by molar-refractivity contribution is -0.149. The second kappa shape index (κ2) is 2.77. The van der Waals surface area contributed by atoms with Crippen molar-refractivity contribution >= 4 is 12.4 Å². The molecule has 0 bridgehead atoms. The third kappa shape index (κ3) is 1.17. The first kappa shape index (κ1) is 9.03. The highest BCUT2D eigenvalue weighted by Gasteiger charge is 2.55. The lowest BCUT2D eigenvalue weighted by atomic mass is 10.2. The number of aliphatic carboxylic acids is 1. The van der Waals surface area contributed by atoms with Crippen molar-refractivity contribution in [3.05, 3.63) is 0 Å². The summed E-state index contributed by atoms with van der Waals surface area (Å²) in [6.07, 6.45) is 1.80. The van der Waals surface area contributed by atoms with Crippen molar-refractivity contribution in [3.63, 3.8) is 0 Å². The van der Waals surface area contributed by atoms with Crippen LogP contribution in [0.5, 0.6) is 0 Å². The molecule has 0 atom stereocenters. The maximum Gasteiger partial charge on any atom is 0.329 e. The van der Waals surface area contributed by atoms with Crippen LogP contribution in [0.25, 0.3) is 0 Å².